The molecule has 3 unspecified atom stereocenters. The van der Waals surface area contributed by atoms with Crippen LogP contribution in [0.2, 0.25) is 0 Å². The zero-order valence-corrected chi connectivity index (χ0v) is 15.8. The molecule has 6 nitrogen and oxygen atoms in total. The van der Waals surface area contributed by atoms with E-state index in [0.717, 1.165) is 25.3 Å². The Balaban J connectivity index is 0.00000242. The van der Waals surface area contributed by atoms with Crippen molar-refractivity contribution in [3.63, 3.8) is 0 Å². The van der Waals surface area contributed by atoms with Gasteiger partial charge in [-0.1, -0.05) is 0 Å². The molecule has 2 saturated heterocycles. The van der Waals surface area contributed by atoms with Crippen LogP contribution in [0.3, 0.4) is 0 Å². The fourth-order valence-electron chi connectivity index (χ4n) is 2.93. The van der Waals surface area contributed by atoms with E-state index in [9.17, 15) is 4.79 Å². The first kappa shape index (κ1) is 19.5. The highest BCUT2D eigenvalue weighted by Crippen LogP contribution is 2.34. The van der Waals surface area contributed by atoms with Gasteiger partial charge in [0.05, 0.1) is 24.9 Å². The second-order valence-electron chi connectivity index (χ2n) is 5.53. The van der Waals surface area contributed by atoms with Crippen molar-refractivity contribution in [1.82, 2.24) is 10.6 Å². The summed E-state index contributed by atoms with van der Waals surface area (Å²) in [6.45, 7) is 5.76. The number of fused-ring (bicyclic) bond motifs is 2. The van der Waals surface area contributed by atoms with E-state index < -0.39 is 0 Å². The number of nitrogens with one attached hydrogen (secondary N) is 2. The molecule has 22 heavy (non-hydrogen) atoms. The lowest BCUT2D eigenvalue weighted by molar-refractivity contribution is -0.143. The van der Waals surface area contributed by atoms with E-state index in [2.05, 4.69) is 15.6 Å². The third-order valence-corrected chi connectivity index (χ3v) is 3.89. The molecule has 0 radical (unpaired) electrons. The summed E-state index contributed by atoms with van der Waals surface area (Å²) in [5.74, 6) is 0.676. The van der Waals surface area contributed by atoms with Crippen LogP contribution in [0.15, 0.2) is 4.99 Å². The van der Waals surface area contributed by atoms with E-state index in [4.69, 9.17) is 9.47 Å². The van der Waals surface area contributed by atoms with Gasteiger partial charge in [-0.3, -0.25) is 9.79 Å². The number of aliphatic imine (C=N–C) groups is 1. The van der Waals surface area contributed by atoms with Gasteiger partial charge >= 0.3 is 5.97 Å². The Bertz CT molecular complexity index is 379. The minimum absolute atomic E-state index is 0. The Kier molecular flexibility index (Phi) is 9.08. The molecule has 0 aromatic rings. The lowest BCUT2D eigenvalue weighted by Crippen LogP contribution is -2.47. The van der Waals surface area contributed by atoms with Crippen LogP contribution in [0.4, 0.5) is 0 Å². The van der Waals surface area contributed by atoms with E-state index in [1.54, 1.807) is 0 Å². The first-order valence-electron chi connectivity index (χ1n) is 8.08. The topological polar surface area (TPSA) is 72.0 Å². The molecule has 0 aromatic heterocycles. The average molecular weight is 425 g/mol. The van der Waals surface area contributed by atoms with Crippen LogP contribution in [0.5, 0.6) is 0 Å². The van der Waals surface area contributed by atoms with Crippen LogP contribution >= 0.6 is 24.0 Å². The summed E-state index contributed by atoms with van der Waals surface area (Å²) in [6.07, 6.45) is 5.30. The third kappa shape index (κ3) is 5.91. The number of guanidine groups is 1. The van der Waals surface area contributed by atoms with Crippen molar-refractivity contribution >= 4 is 35.9 Å². The third-order valence-electron chi connectivity index (χ3n) is 3.89. The number of carbonyl (C=O) groups excluding carboxylic acids is 1. The molecule has 7 heteroatoms. The Labute approximate surface area is 149 Å². The number of esters is 1. The average Bonchev–Trinajstić information content (AvgIpc) is 3.06. The number of rotatable bonds is 7. The van der Waals surface area contributed by atoms with Crippen molar-refractivity contribution in [2.75, 3.05) is 19.7 Å². The highest BCUT2D eigenvalue weighted by atomic mass is 127. The Morgan fingerprint density at radius 1 is 1.36 bits per heavy atom. The van der Waals surface area contributed by atoms with Crippen molar-refractivity contribution in [3.8, 4) is 0 Å². The van der Waals surface area contributed by atoms with Gasteiger partial charge < -0.3 is 20.1 Å². The quantitative estimate of drug-likeness (QED) is 0.214. The lowest BCUT2D eigenvalue weighted by atomic mass is 9.96. The highest BCUT2D eigenvalue weighted by Gasteiger charge is 2.41. The molecule has 0 spiro atoms. The van der Waals surface area contributed by atoms with Crippen LogP contribution < -0.4 is 10.6 Å². The van der Waals surface area contributed by atoms with Crippen LogP contribution in [-0.4, -0.2) is 49.9 Å². The predicted molar refractivity (Wildman–Crippen MR) is 96.7 cm³/mol. The van der Waals surface area contributed by atoms with Crippen molar-refractivity contribution < 1.29 is 14.3 Å². The zero-order valence-electron chi connectivity index (χ0n) is 13.5. The van der Waals surface area contributed by atoms with Gasteiger partial charge in [-0.05, 0) is 39.5 Å². The van der Waals surface area contributed by atoms with Crippen LogP contribution in [-0.2, 0) is 14.3 Å². The number of nitrogens with zero attached hydrogens (tertiary/aromatic N) is 1. The summed E-state index contributed by atoms with van der Waals surface area (Å²) in [4.78, 5) is 15.8. The fraction of sp³-hybridized carbons (Fsp3) is 0.867. The molecule has 0 saturated carbocycles. The molecule has 0 aromatic carbocycles. The summed E-state index contributed by atoms with van der Waals surface area (Å²) in [5.41, 5.74) is 0. The van der Waals surface area contributed by atoms with Crippen molar-refractivity contribution in [2.45, 2.75) is 64.2 Å². The van der Waals surface area contributed by atoms with Crippen molar-refractivity contribution in [3.05, 3.63) is 0 Å². The maximum absolute atomic E-state index is 11.3. The number of carbonyl (C=O) groups is 1. The van der Waals surface area contributed by atoms with Gasteiger partial charge in [0.15, 0.2) is 5.96 Å². The first-order valence-corrected chi connectivity index (χ1v) is 8.08. The van der Waals surface area contributed by atoms with Gasteiger partial charge in [-0.2, -0.15) is 0 Å². The maximum atomic E-state index is 11.3. The number of hydrogen-bond acceptors (Lipinski definition) is 4. The molecule has 3 atom stereocenters. The molecule has 2 bridgehead atoms. The molecule has 128 valence electrons. The van der Waals surface area contributed by atoms with Crippen LogP contribution in [0.1, 0.15) is 46.0 Å². The van der Waals surface area contributed by atoms with Crippen molar-refractivity contribution in [1.29, 1.82) is 0 Å². The number of ether oxygens (including phenoxy) is 2. The zero-order chi connectivity index (χ0) is 15.1. The lowest BCUT2D eigenvalue weighted by Gasteiger charge is -2.22. The molecule has 0 aliphatic carbocycles. The number of hydrogen-bond donors (Lipinski definition) is 2. The first-order chi connectivity index (χ1) is 10.2. The molecule has 2 aliphatic rings. The second kappa shape index (κ2) is 10.3. The van der Waals surface area contributed by atoms with Gasteiger partial charge in [0.1, 0.15) is 0 Å². The van der Waals surface area contributed by atoms with E-state index in [-0.39, 0.29) is 29.9 Å². The molecule has 2 N–H and O–H groups in total. The predicted octanol–water partition coefficient (Wildman–Crippen LogP) is 1.82. The Morgan fingerprint density at radius 3 is 2.77 bits per heavy atom. The molecule has 2 heterocycles. The van der Waals surface area contributed by atoms with Gasteiger partial charge in [-0.15, -0.1) is 24.0 Å². The van der Waals surface area contributed by atoms with Gasteiger partial charge in [0, 0.05) is 19.5 Å². The molecule has 2 fully saturated rings. The largest absolute Gasteiger partial charge is 0.466 e. The standard InChI is InChI=1S/C15H27N3O3.HI/c1-3-16-15(17-9-5-6-14(19)20-4-2)18-12-10-11-7-8-13(12)21-11;/h11-13H,3-10H2,1-2H3,(H2,16,17,18);1H. The molecular formula is C15H28IN3O3. The smallest absolute Gasteiger partial charge is 0.305 e. The minimum atomic E-state index is -0.146. The number of halogens is 1. The molecule has 2 aliphatic heterocycles. The van der Waals surface area contributed by atoms with Crippen molar-refractivity contribution in [2.24, 2.45) is 4.99 Å². The van der Waals surface area contributed by atoms with E-state index in [1.165, 1.54) is 6.42 Å². The summed E-state index contributed by atoms with van der Waals surface area (Å²) in [6, 6.07) is 0.367. The van der Waals surface area contributed by atoms with Crippen LogP contribution in [0, 0.1) is 0 Å². The van der Waals surface area contributed by atoms with Crippen LogP contribution in [0.25, 0.3) is 0 Å². The van der Waals surface area contributed by atoms with E-state index in [0.29, 0.717) is 44.2 Å². The Morgan fingerprint density at radius 2 is 2.18 bits per heavy atom. The molecular weight excluding hydrogens is 397 g/mol. The second-order valence-corrected chi connectivity index (χ2v) is 5.53. The van der Waals surface area contributed by atoms with E-state index in [1.807, 2.05) is 13.8 Å². The monoisotopic (exact) mass is 425 g/mol. The Hall–Kier alpha value is -0.570. The summed E-state index contributed by atoms with van der Waals surface area (Å²) >= 11 is 0. The van der Waals surface area contributed by atoms with Gasteiger partial charge in [0.25, 0.3) is 0 Å². The van der Waals surface area contributed by atoms with Gasteiger partial charge in [0.2, 0.25) is 0 Å². The normalized spacial score (nSPS) is 26.5. The van der Waals surface area contributed by atoms with Gasteiger partial charge in [-0.25, -0.2) is 0 Å². The molecule has 2 rings (SSSR count). The SMILES string of the molecule is CCNC(=NCCCC(=O)OCC)NC1CC2CCC1O2.I. The molecule has 0 amide bonds. The van der Waals surface area contributed by atoms with E-state index >= 15 is 0 Å². The summed E-state index contributed by atoms with van der Waals surface area (Å²) in [7, 11) is 0. The maximum Gasteiger partial charge on any atom is 0.305 e. The minimum Gasteiger partial charge on any atom is -0.466 e. The fourth-order valence-corrected chi connectivity index (χ4v) is 2.93. The highest BCUT2D eigenvalue weighted by molar-refractivity contribution is 14.0. The summed E-state index contributed by atoms with van der Waals surface area (Å²) < 4.78 is 10.7. The summed E-state index contributed by atoms with van der Waals surface area (Å²) in [5, 5.41) is 6.71.